The molecule has 7 heteroatoms. The number of hydrogen-bond acceptors (Lipinski definition) is 5. The quantitative estimate of drug-likeness (QED) is 0.864. The Kier molecular flexibility index (Phi) is 3.37. The normalized spacial score (nSPS) is 14.8. The molecule has 0 spiro atoms. The van der Waals surface area contributed by atoms with Crippen molar-refractivity contribution in [3.63, 3.8) is 0 Å². The van der Waals surface area contributed by atoms with Crippen molar-refractivity contribution in [1.82, 2.24) is 19.6 Å². The van der Waals surface area contributed by atoms with Crippen LogP contribution in [0.4, 0.5) is 5.82 Å². The van der Waals surface area contributed by atoms with E-state index in [0.29, 0.717) is 11.5 Å². The van der Waals surface area contributed by atoms with E-state index >= 15 is 0 Å². The zero-order chi connectivity index (χ0) is 12.4. The molecule has 6 nitrogen and oxygen atoms in total. The first-order chi connectivity index (χ1) is 8.06. The molecule has 0 aromatic carbocycles. The number of anilines is 1. The Bertz CT molecular complexity index is 553. The van der Waals surface area contributed by atoms with E-state index in [1.807, 2.05) is 19.9 Å². The minimum Gasteiger partial charge on any atom is -0.366 e. The van der Waals surface area contributed by atoms with E-state index in [-0.39, 0.29) is 6.04 Å². The fourth-order valence-corrected chi connectivity index (χ4v) is 2.47. The molecule has 0 aliphatic carbocycles. The van der Waals surface area contributed by atoms with E-state index in [9.17, 15) is 4.21 Å². The van der Waals surface area contributed by atoms with Crippen LogP contribution in [0.1, 0.15) is 12.6 Å². The van der Waals surface area contributed by atoms with E-state index in [0.717, 1.165) is 11.5 Å². The molecule has 0 saturated heterocycles. The molecule has 2 aromatic heterocycles. The van der Waals surface area contributed by atoms with Crippen LogP contribution >= 0.6 is 0 Å². The maximum absolute atomic E-state index is 11.1. The predicted molar refractivity (Wildman–Crippen MR) is 67.5 cm³/mol. The molecule has 17 heavy (non-hydrogen) atoms. The SMILES string of the molecule is Cc1cc(NC(C)CS(C)=O)n2ncnc2n1. The molecule has 0 saturated carbocycles. The lowest BCUT2D eigenvalue weighted by molar-refractivity contribution is 0.682. The molecule has 2 aromatic rings. The van der Waals surface area contributed by atoms with Crippen molar-refractivity contribution in [3.8, 4) is 0 Å². The molecule has 2 atom stereocenters. The van der Waals surface area contributed by atoms with E-state index in [1.54, 1.807) is 10.8 Å². The van der Waals surface area contributed by atoms with Gasteiger partial charge in [-0.25, -0.2) is 4.98 Å². The van der Waals surface area contributed by atoms with Gasteiger partial charge in [0.15, 0.2) is 0 Å². The predicted octanol–water partition coefficient (Wildman–Crippen LogP) is 0.612. The van der Waals surface area contributed by atoms with Crippen molar-refractivity contribution in [2.45, 2.75) is 19.9 Å². The van der Waals surface area contributed by atoms with E-state index in [2.05, 4.69) is 20.4 Å². The van der Waals surface area contributed by atoms with Crippen LogP contribution in [-0.2, 0) is 10.8 Å². The molecule has 1 N–H and O–H groups in total. The Labute approximate surface area is 102 Å². The minimum atomic E-state index is -0.822. The Morgan fingerprint density at radius 3 is 3.06 bits per heavy atom. The Morgan fingerprint density at radius 1 is 1.59 bits per heavy atom. The summed E-state index contributed by atoms with van der Waals surface area (Å²) in [5.41, 5.74) is 0.873. The van der Waals surface area contributed by atoms with Gasteiger partial charge in [0, 0.05) is 40.6 Å². The highest BCUT2D eigenvalue weighted by Crippen LogP contribution is 2.11. The number of aryl methyl sites for hydroxylation is 1. The molecule has 92 valence electrons. The molecule has 2 unspecified atom stereocenters. The topological polar surface area (TPSA) is 72.2 Å². The van der Waals surface area contributed by atoms with Gasteiger partial charge >= 0.3 is 0 Å². The standard InChI is InChI=1S/C10H15N5OS/c1-7-4-9(13-8(2)5-17(3)16)15-10(14-7)11-6-12-15/h4,6,8,13H,5H2,1-3H3. The van der Waals surface area contributed by atoms with Gasteiger partial charge in [-0.05, 0) is 13.8 Å². The molecular formula is C10H15N5OS. The van der Waals surface area contributed by atoms with Crippen molar-refractivity contribution in [2.24, 2.45) is 0 Å². The smallest absolute Gasteiger partial charge is 0.254 e. The van der Waals surface area contributed by atoms with Gasteiger partial charge in [-0.3, -0.25) is 4.21 Å². The molecule has 0 fully saturated rings. The van der Waals surface area contributed by atoms with Crippen molar-refractivity contribution in [3.05, 3.63) is 18.1 Å². The third-order valence-electron chi connectivity index (χ3n) is 2.26. The summed E-state index contributed by atoms with van der Waals surface area (Å²) in [5, 5.41) is 7.37. The maximum atomic E-state index is 11.1. The van der Waals surface area contributed by atoms with E-state index in [4.69, 9.17) is 0 Å². The monoisotopic (exact) mass is 253 g/mol. The molecular weight excluding hydrogens is 238 g/mol. The van der Waals surface area contributed by atoms with Gasteiger partial charge in [-0.15, -0.1) is 0 Å². The Balaban J connectivity index is 2.28. The molecule has 0 amide bonds. The number of aromatic nitrogens is 4. The van der Waals surface area contributed by atoms with Crippen molar-refractivity contribution < 1.29 is 4.21 Å². The number of nitrogens with one attached hydrogen (secondary N) is 1. The zero-order valence-electron chi connectivity index (χ0n) is 10.0. The van der Waals surface area contributed by atoms with Crippen molar-refractivity contribution >= 4 is 22.4 Å². The van der Waals surface area contributed by atoms with Gasteiger partial charge in [0.2, 0.25) is 0 Å². The first-order valence-corrected chi connectivity index (χ1v) is 7.03. The summed E-state index contributed by atoms with van der Waals surface area (Å²) in [4.78, 5) is 8.30. The first kappa shape index (κ1) is 12.0. The van der Waals surface area contributed by atoms with E-state index in [1.165, 1.54) is 6.33 Å². The Morgan fingerprint density at radius 2 is 2.35 bits per heavy atom. The second kappa shape index (κ2) is 4.79. The molecule has 0 aliphatic rings. The third-order valence-corrected chi connectivity index (χ3v) is 3.23. The van der Waals surface area contributed by atoms with Crippen LogP contribution in [0.5, 0.6) is 0 Å². The zero-order valence-corrected chi connectivity index (χ0v) is 10.9. The Hall–Kier alpha value is -1.50. The van der Waals surface area contributed by atoms with Crippen LogP contribution in [0.15, 0.2) is 12.4 Å². The fraction of sp³-hybridized carbons (Fsp3) is 0.500. The van der Waals surface area contributed by atoms with Gasteiger partial charge in [-0.2, -0.15) is 14.6 Å². The summed E-state index contributed by atoms with van der Waals surface area (Å²) in [6.07, 6.45) is 3.16. The van der Waals surface area contributed by atoms with Crippen LogP contribution < -0.4 is 5.32 Å². The average molecular weight is 253 g/mol. The number of rotatable bonds is 4. The molecule has 2 heterocycles. The minimum absolute atomic E-state index is 0.107. The van der Waals surface area contributed by atoms with Crippen molar-refractivity contribution in [2.75, 3.05) is 17.3 Å². The second-order valence-electron chi connectivity index (χ2n) is 4.04. The van der Waals surface area contributed by atoms with Crippen LogP contribution in [0.3, 0.4) is 0 Å². The van der Waals surface area contributed by atoms with Crippen LogP contribution in [-0.4, -0.2) is 41.8 Å². The van der Waals surface area contributed by atoms with Gasteiger partial charge in [0.25, 0.3) is 5.78 Å². The molecule has 2 rings (SSSR count). The largest absolute Gasteiger partial charge is 0.366 e. The summed E-state index contributed by atoms with van der Waals surface area (Å²) < 4.78 is 12.8. The van der Waals surface area contributed by atoms with Gasteiger partial charge < -0.3 is 5.32 Å². The third kappa shape index (κ3) is 2.79. The van der Waals surface area contributed by atoms with E-state index < -0.39 is 10.8 Å². The summed E-state index contributed by atoms with van der Waals surface area (Å²) in [6.45, 7) is 3.89. The lowest BCUT2D eigenvalue weighted by Crippen LogP contribution is -2.24. The maximum Gasteiger partial charge on any atom is 0.254 e. The number of nitrogens with zero attached hydrogens (tertiary/aromatic N) is 4. The van der Waals surface area contributed by atoms with Crippen molar-refractivity contribution in [1.29, 1.82) is 0 Å². The first-order valence-electron chi connectivity index (χ1n) is 5.30. The molecule has 0 aliphatic heterocycles. The number of hydrogen-bond donors (Lipinski definition) is 1. The highest BCUT2D eigenvalue weighted by Gasteiger charge is 2.09. The fourth-order valence-electron chi connectivity index (χ4n) is 1.68. The molecule has 0 radical (unpaired) electrons. The lowest BCUT2D eigenvalue weighted by atomic mass is 10.3. The van der Waals surface area contributed by atoms with Crippen LogP contribution in [0.2, 0.25) is 0 Å². The summed E-state index contributed by atoms with van der Waals surface area (Å²) in [5.74, 6) is 1.98. The second-order valence-corrected chi connectivity index (χ2v) is 5.52. The lowest BCUT2D eigenvalue weighted by Gasteiger charge is -2.14. The summed E-state index contributed by atoms with van der Waals surface area (Å²) >= 11 is 0. The highest BCUT2D eigenvalue weighted by molar-refractivity contribution is 7.84. The summed E-state index contributed by atoms with van der Waals surface area (Å²) in [7, 11) is -0.822. The van der Waals surface area contributed by atoms with Crippen LogP contribution in [0.25, 0.3) is 5.78 Å². The summed E-state index contributed by atoms with van der Waals surface area (Å²) in [6, 6.07) is 2.01. The van der Waals surface area contributed by atoms with Gasteiger partial charge in [0.05, 0.1) is 0 Å². The average Bonchev–Trinajstić information content (AvgIpc) is 2.63. The van der Waals surface area contributed by atoms with Crippen LogP contribution in [0, 0.1) is 6.92 Å². The molecule has 0 bridgehead atoms. The highest BCUT2D eigenvalue weighted by atomic mass is 32.2. The van der Waals surface area contributed by atoms with Gasteiger partial charge in [-0.1, -0.05) is 0 Å². The number of fused-ring (bicyclic) bond motifs is 1. The van der Waals surface area contributed by atoms with Gasteiger partial charge in [0.1, 0.15) is 12.1 Å².